The van der Waals surface area contributed by atoms with Gasteiger partial charge in [0.15, 0.2) is 0 Å². The van der Waals surface area contributed by atoms with E-state index in [0.717, 1.165) is 6.54 Å². The van der Waals surface area contributed by atoms with Crippen molar-refractivity contribution in [3.8, 4) is 0 Å². The summed E-state index contributed by atoms with van der Waals surface area (Å²) in [7, 11) is 0. The van der Waals surface area contributed by atoms with Crippen LogP contribution in [0.2, 0.25) is 0 Å². The minimum atomic E-state index is 0. The fraction of sp³-hybridized carbons (Fsp3) is 1.00. The number of nitrogens with two attached hydrogens (primary N) is 1. The Bertz CT molecular complexity index is 13.7. The fourth-order valence-corrected chi connectivity index (χ4v) is 0. The van der Waals surface area contributed by atoms with Crippen LogP contribution in [0.25, 0.3) is 0 Å². The Morgan fingerprint density at radius 1 is 1.43 bits per heavy atom. The first-order valence-corrected chi connectivity index (χ1v) is 2.14. The predicted molar refractivity (Wildman–Crippen MR) is 33.2 cm³/mol. The standard InChI is InChI=1S/C2H7N.C2H6O.Li/c2*1-2-3;/h2-3H2,1H3;3H,2H2,1H3;. The second-order valence-corrected chi connectivity index (χ2v) is 0.724. The molecule has 0 aromatic heterocycles. The number of hydrogen-bond acceptors (Lipinski definition) is 2. The van der Waals surface area contributed by atoms with Crippen molar-refractivity contribution in [3.05, 3.63) is 0 Å². The van der Waals surface area contributed by atoms with Crippen molar-refractivity contribution in [2.45, 2.75) is 13.8 Å². The molecule has 0 aliphatic carbocycles. The van der Waals surface area contributed by atoms with Gasteiger partial charge in [-0.25, -0.2) is 0 Å². The molecule has 0 atom stereocenters. The molecule has 0 aliphatic rings. The molecule has 3 heteroatoms. The largest absolute Gasteiger partial charge is 0.397 e. The van der Waals surface area contributed by atoms with Crippen LogP contribution in [0.4, 0.5) is 0 Å². The minimum absolute atomic E-state index is 0. The molecule has 0 fully saturated rings. The van der Waals surface area contributed by atoms with Crippen molar-refractivity contribution < 1.29 is 5.11 Å². The van der Waals surface area contributed by atoms with Gasteiger partial charge in [0, 0.05) is 25.5 Å². The van der Waals surface area contributed by atoms with Crippen molar-refractivity contribution in [1.29, 1.82) is 0 Å². The van der Waals surface area contributed by atoms with E-state index in [4.69, 9.17) is 10.8 Å². The summed E-state index contributed by atoms with van der Waals surface area (Å²) < 4.78 is 0. The van der Waals surface area contributed by atoms with Gasteiger partial charge in [0.05, 0.1) is 0 Å². The molecule has 2 nitrogen and oxygen atoms in total. The zero-order valence-electron chi connectivity index (χ0n) is 5.44. The van der Waals surface area contributed by atoms with Crippen molar-refractivity contribution >= 4 is 18.9 Å². The van der Waals surface area contributed by atoms with Crippen LogP contribution in [0.15, 0.2) is 0 Å². The van der Waals surface area contributed by atoms with E-state index in [9.17, 15) is 0 Å². The van der Waals surface area contributed by atoms with Gasteiger partial charge in [0.1, 0.15) is 0 Å². The van der Waals surface area contributed by atoms with E-state index < -0.39 is 0 Å². The van der Waals surface area contributed by atoms with E-state index in [1.807, 2.05) is 6.92 Å². The molecule has 0 bridgehead atoms. The number of rotatable bonds is 0. The Balaban J connectivity index is -0.0000000400. The van der Waals surface area contributed by atoms with Crippen LogP contribution in [0.3, 0.4) is 0 Å². The maximum atomic E-state index is 7.57. The summed E-state index contributed by atoms with van der Waals surface area (Å²) in [5.41, 5.74) is 4.85. The average molecular weight is 98.1 g/mol. The van der Waals surface area contributed by atoms with Crippen molar-refractivity contribution in [3.63, 3.8) is 0 Å². The molecule has 0 amide bonds. The topological polar surface area (TPSA) is 46.2 Å². The molecule has 3 N–H and O–H groups in total. The molecule has 0 unspecified atom stereocenters. The third-order valence-electron chi connectivity index (χ3n) is 0. The summed E-state index contributed by atoms with van der Waals surface area (Å²) in [6.07, 6.45) is 0. The SMILES string of the molecule is CCN.CCO.[Li]. The Morgan fingerprint density at radius 2 is 1.43 bits per heavy atom. The molecule has 0 spiro atoms. The van der Waals surface area contributed by atoms with Crippen LogP contribution < -0.4 is 5.73 Å². The Kier molecular flexibility index (Phi) is 70.0. The van der Waals surface area contributed by atoms with Crippen LogP contribution in [-0.2, 0) is 0 Å². The van der Waals surface area contributed by atoms with Crippen molar-refractivity contribution in [2.75, 3.05) is 13.2 Å². The van der Waals surface area contributed by atoms with Crippen LogP contribution in [0, 0.1) is 0 Å². The zero-order chi connectivity index (χ0) is 5.41. The molecule has 41 valence electrons. The normalized spacial score (nSPS) is 5.14. The maximum absolute atomic E-state index is 7.57. The minimum Gasteiger partial charge on any atom is -0.397 e. The van der Waals surface area contributed by atoms with Crippen molar-refractivity contribution in [1.82, 2.24) is 0 Å². The summed E-state index contributed by atoms with van der Waals surface area (Å²) >= 11 is 0. The van der Waals surface area contributed by atoms with Crippen LogP contribution in [0.1, 0.15) is 13.8 Å². The zero-order valence-corrected chi connectivity index (χ0v) is 5.44. The molecule has 0 aromatic rings. The second kappa shape index (κ2) is 31.3. The van der Waals surface area contributed by atoms with Crippen molar-refractivity contribution in [2.24, 2.45) is 5.73 Å². The summed E-state index contributed by atoms with van der Waals surface area (Å²) in [6, 6.07) is 0. The molecule has 0 saturated carbocycles. The quantitative estimate of drug-likeness (QED) is 0.404. The summed E-state index contributed by atoms with van der Waals surface area (Å²) in [5, 5.41) is 7.57. The van der Waals surface area contributed by atoms with Gasteiger partial charge >= 0.3 is 0 Å². The molecule has 0 aromatic carbocycles. The van der Waals surface area contributed by atoms with E-state index in [2.05, 4.69) is 0 Å². The average Bonchev–Trinajstić information content (AvgIpc) is 1.39. The van der Waals surface area contributed by atoms with E-state index in [0.29, 0.717) is 0 Å². The molecular weight excluding hydrogens is 85.0 g/mol. The van der Waals surface area contributed by atoms with Gasteiger partial charge in [0.25, 0.3) is 0 Å². The Hall–Kier alpha value is 0.517. The Labute approximate surface area is 57.3 Å². The van der Waals surface area contributed by atoms with Gasteiger partial charge in [-0.3, -0.25) is 0 Å². The maximum Gasteiger partial charge on any atom is 0.0402 e. The van der Waals surface area contributed by atoms with Crippen LogP contribution in [-0.4, -0.2) is 37.1 Å². The molecule has 1 radical (unpaired) electrons. The van der Waals surface area contributed by atoms with Gasteiger partial charge in [0.2, 0.25) is 0 Å². The summed E-state index contributed by atoms with van der Waals surface area (Å²) in [6.45, 7) is 4.58. The van der Waals surface area contributed by atoms with E-state index in [-0.39, 0.29) is 25.5 Å². The van der Waals surface area contributed by atoms with E-state index in [1.165, 1.54) is 0 Å². The van der Waals surface area contributed by atoms with Crippen LogP contribution in [0.5, 0.6) is 0 Å². The smallest absolute Gasteiger partial charge is 0.0402 e. The Morgan fingerprint density at radius 3 is 1.43 bits per heavy atom. The van der Waals surface area contributed by atoms with Gasteiger partial charge in [-0.1, -0.05) is 6.92 Å². The molecule has 0 heterocycles. The van der Waals surface area contributed by atoms with E-state index in [1.54, 1.807) is 6.92 Å². The molecular formula is C4H13LiNO. The summed E-state index contributed by atoms with van der Waals surface area (Å²) in [5.74, 6) is 0. The third kappa shape index (κ3) is 497. The molecule has 0 saturated heterocycles. The van der Waals surface area contributed by atoms with Crippen LogP contribution >= 0.6 is 0 Å². The second-order valence-electron chi connectivity index (χ2n) is 0.724. The first kappa shape index (κ1) is 15.6. The van der Waals surface area contributed by atoms with E-state index >= 15 is 0 Å². The number of aliphatic hydroxyl groups excluding tert-OH is 1. The molecule has 7 heavy (non-hydrogen) atoms. The predicted octanol–water partition coefficient (Wildman–Crippen LogP) is -0.417. The summed E-state index contributed by atoms with van der Waals surface area (Å²) in [4.78, 5) is 0. The monoisotopic (exact) mass is 98.1 g/mol. The third-order valence-corrected chi connectivity index (χ3v) is 0. The van der Waals surface area contributed by atoms with Gasteiger partial charge in [-0.05, 0) is 13.5 Å². The molecule has 0 rings (SSSR count). The van der Waals surface area contributed by atoms with Gasteiger partial charge in [-0.15, -0.1) is 0 Å². The first-order valence-electron chi connectivity index (χ1n) is 2.14. The number of aliphatic hydroxyl groups is 1. The van der Waals surface area contributed by atoms with Gasteiger partial charge in [-0.2, -0.15) is 0 Å². The number of hydrogen-bond donors (Lipinski definition) is 2. The first-order chi connectivity index (χ1) is 2.83. The van der Waals surface area contributed by atoms with Gasteiger partial charge < -0.3 is 10.8 Å². The molecule has 0 aliphatic heterocycles. The fourth-order valence-electron chi connectivity index (χ4n) is 0.